The first-order chi connectivity index (χ1) is 17.2. The van der Waals surface area contributed by atoms with Crippen LogP contribution >= 0.6 is 11.6 Å². The summed E-state index contributed by atoms with van der Waals surface area (Å²) in [6, 6.07) is 11.6. The number of alkyl halides is 2. The van der Waals surface area contributed by atoms with E-state index in [0.717, 1.165) is 42.7 Å². The lowest BCUT2D eigenvalue weighted by atomic mass is 9.76. The van der Waals surface area contributed by atoms with Gasteiger partial charge in [-0.3, -0.25) is 9.78 Å². The fourth-order valence-electron chi connectivity index (χ4n) is 4.77. The normalized spacial score (nSPS) is 16.6. The molecule has 1 aliphatic carbocycles. The number of carbonyl (C=O) groups is 1. The molecule has 0 radical (unpaired) electrons. The molecule has 1 aromatic carbocycles. The Morgan fingerprint density at radius 3 is 2.58 bits per heavy atom. The second-order valence-corrected chi connectivity index (χ2v) is 9.46. The van der Waals surface area contributed by atoms with Gasteiger partial charge in [0.15, 0.2) is 0 Å². The summed E-state index contributed by atoms with van der Waals surface area (Å²) in [5.74, 6) is -4.09. The molecule has 188 valence electrons. The molecule has 2 heterocycles. The Morgan fingerprint density at radius 1 is 1.14 bits per heavy atom. The van der Waals surface area contributed by atoms with Gasteiger partial charge in [-0.15, -0.1) is 0 Å². The van der Waals surface area contributed by atoms with Crippen LogP contribution in [0.1, 0.15) is 66.7 Å². The van der Waals surface area contributed by atoms with Crippen molar-refractivity contribution in [1.29, 1.82) is 0 Å². The molecule has 5 nitrogen and oxygen atoms in total. The number of nitrogens with one attached hydrogen (secondary N) is 1. The number of allylic oxidation sites excluding steroid dienone is 2. The van der Waals surface area contributed by atoms with Gasteiger partial charge < -0.3 is 10.4 Å². The first-order valence-electron chi connectivity index (χ1n) is 12.0. The number of rotatable bonds is 7. The molecule has 0 aliphatic heterocycles. The van der Waals surface area contributed by atoms with Gasteiger partial charge in [-0.1, -0.05) is 61.2 Å². The van der Waals surface area contributed by atoms with E-state index in [-0.39, 0.29) is 5.69 Å². The Kier molecular flexibility index (Phi) is 7.81. The first-order valence-corrected chi connectivity index (χ1v) is 12.3. The van der Waals surface area contributed by atoms with Gasteiger partial charge >= 0.3 is 0 Å². The van der Waals surface area contributed by atoms with Crippen LogP contribution in [0, 0.1) is 0 Å². The topological polar surface area (TPSA) is 75.1 Å². The molecule has 8 heteroatoms. The third-order valence-electron chi connectivity index (χ3n) is 6.59. The zero-order chi connectivity index (χ0) is 25.8. The lowest BCUT2D eigenvalue weighted by Gasteiger charge is -2.40. The number of aliphatic hydroxyl groups is 1. The predicted molar refractivity (Wildman–Crippen MR) is 136 cm³/mol. The Hall–Kier alpha value is -3.16. The van der Waals surface area contributed by atoms with E-state index < -0.39 is 34.1 Å². The number of pyridine rings is 2. The van der Waals surface area contributed by atoms with E-state index in [4.69, 9.17) is 11.6 Å². The molecule has 3 aromatic rings. The molecule has 0 spiro atoms. The Bertz CT molecular complexity index is 1240. The molecule has 1 unspecified atom stereocenters. The summed E-state index contributed by atoms with van der Waals surface area (Å²) < 4.78 is 29.1. The van der Waals surface area contributed by atoms with Crippen LogP contribution in [0.3, 0.4) is 0 Å². The van der Waals surface area contributed by atoms with Crippen LogP contribution in [0.4, 0.5) is 8.78 Å². The van der Waals surface area contributed by atoms with E-state index in [1.54, 1.807) is 12.4 Å². The molecule has 4 rings (SSSR count). The van der Waals surface area contributed by atoms with Crippen molar-refractivity contribution in [3.63, 3.8) is 0 Å². The maximum atomic E-state index is 14.6. The van der Waals surface area contributed by atoms with E-state index in [2.05, 4.69) is 15.3 Å². The second kappa shape index (κ2) is 10.8. The van der Waals surface area contributed by atoms with Gasteiger partial charge in [0, 0.05) is 24.2 Å². The van der Waals surface area contributed by atoms with Gasteiger partial charge in [-0.2, -0.15) is 8.78 Å². The number of halogens is 3. The van der Waals surface area contributed by atoms with Crippen LogP contribution in [0.5, 0.6) is 0 Å². The second-order valence-electron chi connectivity index (χ2n) is 9.08. The van der Waals surface area contributed by atoms with Crippen LogP contribution in [0.2, 0.25) is 5.02 Å². The fourth-order valence-corrected chi connectivity index (χ4v) is 5.09. The van der Waals surface area contributed by atoms with Gasteiger partial charge in [0.1, 0.15) is 5.69 Å². The number of carbonyl (C=O) groups excluding carboxylic acids is 1. The highest BCUT2D eigenvalue weighted by molar-refractivity contribution is 6.34. The summed E-state index contributed by atoms with van der Waals surface area (Å²) in [5, 5.41) is 14.1. The lowest BCUT2D eigenvalue weighted by Crippen LogP contribution is -2.47. The fraction of sp³-hybridized carbons (Fsp3) is 0.321. The summed E-state index contributed by atoms with van der Waals surface area (Å²) in [6.07, 6.45) is 10.1. The van der Waals surface area contributed by atoms with E-state index in [1.807, 2.05) is 36.4 Å². The quantitative estimate of drug-likeness (QED) is 0.349. The number of hydrogen-bond acceptors (Lipinski definition) is 4. The smallest absolute Gasteiger partial charge is 0.293 e. The zero-order valence-electron chi connectivity index (χ0n) is 19.9. The SMILES string of the molecule is C/C=C/C(F)(F)c1ccnc(C(=O)NC(c2cccc(-c3cccnc3)c2)C2(O)CCCCC2)c1Cl. The molecule has 1 atom stereocenters. The molecule has 0 bridgehead atoms. The van der Waals surface area contributed by atoms with Crippen molar-refractivity contribution >= 4 is 17.5 Å². The zero-order valence-corrected chi connectivity index (χ0v) is 20.7. The molecular formula is C28H28ClF2N3O2. The summed E-state index contributed by atoms with van der Waals surface area (Å²) in [4.78, 5) is 21.6. The average Bonchev–Trinajstić information content (AvgIpc) is 2.88. The van der Waals surface area contributed by atoms with Crippen LogP contribution in [0.25, 0.3) is 11.1 Å². The minimum Gasteiger partial charge on any atom is -0.387 e. The van der Waals surface area contributed by atoms with Crippen molar-refractivity contribution in [2.45, 2.75) is 56.6 Å². The average molecular weight is 512 g/mol. The number of benzene rings is 1. The molecule has 2 N–H and O–H groups in total. The summed E-state index contributed by atoms with van der Waals surface area (Å²) >= 11 is 6.27. The molecule has 1 aliphatic rings. The summed E-state index contributed by atoms with van der Waals surface area (Å²) in [5.41, 5.74) is 0.438. The molecule has 36 heavy (non-hydrogen) atoms. The van der Waals surface area contributed by atoms with Crippen molar-refractivity contribution in [3.05, 3.63) is 95.1 Å². The Balaban J connectivity index is 1.72. The minimum absolute atomic E-state index is 0.314. The van der Waals surface area contributed by atoms with Crippen LogP contribution in [0.15, 0.2) is 73.2 Å². The van der Waals surface area contributed by atoms with Gasteiger partial charge in [0.25, 0.3) is 11.8 Å². The minimum atomic E-state index is -3.36. The summed E-state index contributed by atoms with van der Waals surface area (Å²) in [7, 11) is 0. The van der Waals surface area contributed by atoms with Crippen molar-refractivity contribution in [3.8, 4) is 11.1 Å². The van der Waals surface area contributed by atoms with E-state index in [9.17, 15) is 18.7 Å². The van der Waals surface area contributed by atoms with E-state index in [1.165, 1.54) is 13.0 Å². The number of amides is 1. The molecule has 2 aromatic heterocycles. The van der Waals surface area contributed by atoms with E-state index >= 15 is 0 Å². The first kappa shape index (κ1) is 25.9. The van der Waals surface area contributed by atoms with Crippen molar-refractivity contribution in [2.24, 2.45) is 0 Å². The largest absolute Gasteiger partial charge is 0.387 e. The lowest BCUT2D eigenvalue weighted by molar-refractivity contribution is -0.0299. The number of nitrogens with zero attached hydrogens (tertiary/aromatic N) is 2. The monoisotopic (exact) mass is 511 g/mol. The molecule has 1 amide bonds. The predicted octanol–water partition coefficient (Wildman–Crippen LogP) is 6.63. The molecular weight excluding hydrogens is 484 g/mol. The third kappa shape index (κ3) is 5.47. The summed E-state index contributed by atoms with van der Waals surface area (Å²) in [6.45, 7) is 1.48. The number of aromatic nitrogens is 2. The maximum Gasteiger partial charge on any atom is 0.293 e. The van der Waals surface area contributed by atoms with Gasteiger partial charge in [0.2, 0.25) is 0 Å². The highest BCUT2D eigenvalue weighted by atomic mass is 35.5. The van der Waals surface area contributed by atoms with Gasteiger partial charge in [0.05, 0.1) is 16.7 Å². The Labute approximate surface area is 214 Å². The van der Waals surface area contributed by atoms with E-state index in [0.29, 0.717) is 24.5 Å². The van der Waals surface area contributed by atoms with Crippen molar-refractivity contribution in [1.82, 2.24) is 15.3 Å². The Morgan fingerprint density at radius 2 is 1.89 bits per heavy atom. The highest BCUT2D eigenvalue weighted by Crippen LogP contribution is 2.40. The standard InChI is InChI=1S/C28H28ClF2N3O2/c1-2-12-28(30,31)22-11-16-33-24(23(22)29)26(35)34-25(27(36)13-4-3-5-14-27)20-9-6-8-19(17-20)21-10-7-15-32-18-21/h2,6-12,15-18,25,36H,3-5,13-14H2,1H3,(H,34,35)/b12-2+. The van der Waals surface area contributed by atoms with Crippen molar-refractivity contribution in [2.75, 3.05) is 0 Å². The van der Waals surface area contributed by atoms with Crippen LogP contribution in [-0.2, 0) is 5.92 Å². The van der Waals surface area contributed by atoms with Crippen LogP contribution in [-0.4, -0.2) is 26.6 Å². The van der Waals surface area contributed by atoms with Crippen LogP contribution < -0.4 is 5.32 Å². The number of hydrogen-bond donors (Lipinski definition) is 2. The molecule has 0 saturated heterocycles. The van der Waals surface area contributed by atoms with Crippen molar-refractivity contribution < 1.29 is 18.7 Å². The molecule has 1 saturated carbocycles. The van der Waals surface area contributed by atoms with Gasteiger partial charge in [-0.25, -0.2) is 4.98 Å². The maximum absolute atomic E-state index is 14.6. The third-order valence-corrected chi connectivity index (χ3v) is 6.97. The molecule has 1 fully saturated rings. The highest BCUT2D eigenvalue weighted by Gasteiger charge is 2.41. The van der Waals surface area contributed by atoms with Gasteiger partial charge in [-0.05, 0) is 60.7 Å².